The molecule has 5 heteroatoms. The van der Waals surface area contributed by atoms with Gasteiger partial charge in [0, 0.05) is 62.8 Å². The maximum Gasteiger partial charge on any atom is 0.131 e. The molecule has 2 aromatic rings. The maximum atomic E-state index is 4.88. The van der Waals surface area contributed by atoms with Gasteiger partial charge in [-0.1, -0.05) is 50.3 Å². The zero-order chi connectivity index (χ0) is 24.9. The summed E-state index contributed by atoms with van der Waals surface area (Å²) in [4.78, 5) is 12.9. The van der Waals surface area contributed by atoms with Crippen molar-refractivity contribution >= 4 is 11.5 Å². The third-order valence-corrected chi connectivity index (χ3v) is 7.83. The lowest BCUT2D eigenvalue weighted by molar-refractivity contribution is 0.0545. The van der Waals surface area contributed by atoms with E-state index in [1.165, 1.54) is 49.0 Å². The first-order chi connectivity index (χ1) is 16.8. The Hall–Kier alpha value is -2.37. The summed E-state index contributed by atoms with van der Waals surface area (Å²) in [6, 6.07) is 12.6. The highest BCUT2D eigenvalue weighted by Gasteiger charge is 2.34. The van der Waals surface area contributed by atoms with E-state index in [4.69, 9.17) is 4.98 Å². The number of nitrogens with one attached hydrogen (secondary N) is 1. The highest BCUT2D eigenvalue weighted by Crippen LogP contribution is 2.29. The average molecular weight is 476 g/mol. The Morgan fingerprint density at radius 2 is 1.80 bits per heavy atom. The lowest BCUT2D eigenvalue weighted by Gasteiger charge is -2.48. The van der Waals surface area contributed by atoms with Crippen LogP contribution >= 0.6 is 0 Å². The van der Waals surface area contributed by atoms with E-state index in [-0.39, 0.29) is 0 Å². The molecule has 0 aliphatic carbocycles. The molecule has 1 N–H and O–H groups in total. The number of benzene rings is 1. The van der Waals surface area contributed by atoms with Gasteiger partial charge in [0.15, 0.2) is 0 Å². The van der Waals surface area contributed by atoms with Crippen molar-refractivity contribution in [2.45, 2.75) is 65.6 Å². The molecule has 190 valence electrons. The minimum Gasteiger partial charge on any atom is -0.388 e. The highest BCUT2D eigenvalue weighted by atomic mass is 15.3. The number of hydrogen-bond acceptors (Lipinski definition) is 5. The van der Waals surface area contributed by atoms with E-state index in [0.29, 0.717) is 18.0 Å². The van der Waals surface area contributed by atoms with Crippen LogP contribution in [0.1, 0.15) is 55.4 Å². The van der Waals surface area contributed by atoms with Gasteiger partial charge in [0.1, 0.15) is 5.82 Å². The highest BCUT2D eigenvalue weighted by molar-refractivity contribution is 5.63. The van der Waals surface area contributed by atoms with Gasteiger partial charge >= 0.3 is 0 Å². The summed E-state index contributed by atoms with van der Waals surface area (Å²) < 4.78 is 0. The largest absolute Gasteiger partial charge is 0.388 e. The van der Waals surface area contributed by atoms with Gasteiger partial charge in [0.05, 0.1) is 0 Å². The number of hydrogen-bond donors (Lipinski definition) is 1. The van der Waals surface area contributed by atoms with E-state index in [1.807, 2.05) is 13.2 Å². The molecule has 2 aliphatic heterocycles. The Kier molecular flexibility index (Phi) is 8.51. The van der Waals surface area contributed by atoms with Gasteiger partial charge < -0.3 is 10.2 Å². The maximum absolute atomic E-state index is 4.88. The van der Waals surface area contributed by atoms with Crippen LogP contribution in [0, 0.1) is 19.8 Å². The van der Waals surface area contributed by atoms with Gasteiger partial charge in [-0.15, -0.1) is 0 Å². The van der Waals surface area contributed by atoms with Crippen molar-refractivity contribution in [3.05, 3.63) is 65.4 Å². The van der Waals surface area contributed by atoms with Crippen molar-refractivity contribution in [1.82, 2.24) is 20.1 Å². The van der Waals surface area contributed by atoms with Gasteiger partial charge in [0.2, 0.25) is 0 Å². The van der Waals surface area contributed by atoms with Crippen LogP contribution in [0.25, 0.3) is 5.70 Å². The number of piperidine rings is 1. The molecule has 0 spiro atoms. The second-order valence-electron chi connectivity index (χ2n) is 11.1. The molecule has 2 fully saturated rings. The molecule has 0 bridgehead atoms. The van der Waals surface area contributed by atoms with Crippen molar-refractivity contribution in [3.8, 4) is 0 Å². The number of aromatic nitrogens is 1. The molecule has 0 amide bonds. The lowest BCUT2D eigenvalue weighted by Crippen LogP contribution is -2.59. The summed E-state index contributed by atoms with van der Waals surface area (Å²) in [5.74, 6) is 1.83. The molecule has 0 radical (unpaired) electrons. The van der Waals surface area contributed by atoms with Crippen LogP contribution < -0.4 is 10.2 Å². The summed E-state index contributed by atoms with van der Waals surface area (Å²) in [5, 5.41) is 3.14. The monoisotopic (exact) mass is 475 g/mol. The van der Waals surface area contributed by atoms with Crippen molar-refractivity contribution in [3.63, 3.8) is 0 Å². The second kappa shape index (κ2) is 11.6. The number of aryl methyl sites for hydroxylation is 2. The third kappa shape index (κ3) is 6.45. The molecule has 1 aromatic heterocycles. The zero-order valence-corrected chi connectivity index (χ0v) is 22.6. The fraction of sp³-hybridized carbons (Fsp3) is 0.567. The van der Waals surface area contributed by atoms with Crippen molar-refractivity contribution < 1.29 is 0 Å². The first kappa shape index (κ1) is 25.7. The fourth-order valence-corrected chi connectivity index (χ4v) is 5.87. The minimum absolute atomic E-state index is 0.588. The summed E-state index contributed by atoms with van der Waals surface area (Å²) >= 11 is 0. The molecule has 1 aromatic carbocycles. The summed E-state index contributed by atoms with van der Waals surface area (Å²) in [6.07, 6.45) is 5.76. The van der Waals surface area contributed by atoms with Gasteiger partial charge in [-0.2, -0.15) is 0 Å². The molecule has 3 heterocycles. The van der Waals surface area contributed by atoms with E-state index in [1.54, 1.807) is 0 Å². The summed E-state index contributed by atoms with van der Waals surface area (Å²) in [5.41, 5.74) is 6.01. The van der Waals surface area contributed by atoms with Crippen LogP contribution in [0.15, 0.2) is 43.1 Å². The number of pyridine rings is 1. The average Bonchev–Trinajstić information content (AvgIpc) is 2.85. The molecule has 2 aliphatic rings. The van der Waals surface area contributed by atoms with Crippen LogP contribution in [-0.4, -0.2) is 66.6 Å². The normalized spacial score (nSPS) is 20.4. The zero-order valence-electron chi connectivity index (χ0n) is 22.6. The molecule has 1 unspecified atom stereocenters. The van der Waals surface area contributed by atoms with Crippen LogP contribution in [0.5, 0.6) is 0 Å². The Morgan fingerprint density at radius 3 is 2.43 bits per heavy atom. The minimum atomic E-state index is 0.588. The summed E-state index contributed by atoms with van der Waals surface area (Å²) in [7, 11) is 1.91. The standard InChI is InChI=1S/C30H45N5/c1-22(2)17-29-21-34(30-24(4)18-27(19-32-30)25(5)31-6)15-16-35(29)28-11-13-33(14-12-28)20-26-9-7-23(3)8-10-26/h7-10,18-19,22,28-29,31H,5,11-17,20-21H2,1-4,6H3. The van der Waals surface area contributed by atoms with Crippen LogP contribution in [0.2, 0.25) is 0 Å². The van der Waals surface area contributed by atoms with Gasteiger partial charge in [-0.3, -0.25) is 9.80 Å². The molecule has 2 saturated heterocycles. The quantitative estimate of drug-likeness (QED) is 0.575. The van der Waals surface area contributed by atoms with Crippen LogP contribution in [0.3, 0.4) is 0 Å². The Bertz CT molecular complexity index is 975. The fourth-order valence-electron chi connectivity index (χ4n) is 5.87. The number of anilines is 1. The first-order valence-corrected chi connectivity index (χ1v) is 13.5. The predicted molar refractivity (Wildman–Crippen MR) is 149 cm³/mol. The number of likely N-dealkylation sites (tertiary alicyclic amines) is 1. The van der Waals surface area contributed by atoms with Crippen LogP contribution in [0.4, 0.5) is 5.82 Å². The molecule has 0 saturated carbocycles. The van der Waals surface area contributed by atoms with Gasteiger partial charge in [-0.25, -0.2) is 4.98 Å². The predicted octanol–water partition coefficient (Wildman–Crippen LogP) is 5.09. The first-order valence-electron chi connectivity index (χ1n) is 13.5. The third-order valence-electron chi connectivity index (χ3n) is 7.83. The topological polar surface area (TPSA) is 34.6 Å². The van der Waals surface area contributed by atoms with E-state index in [0.717, 1.165) is 43.3 Å². The molecular weight excluding hydrogens is 430 g/mol. The van der Waals surface area contributed by atoms with Crippen LogP contribution in [-0.2, 0) is 6.54 Å². The molecule has 4 rings (SSSR count). The van der Waals surface area contributed by atoms with E-state index in [9.17, 15) is 0 Å². The van der Waals surface area contributed by atoms with Gasteiger partial charge in [0.25, 0.3) is 0 Å². The SMILES string of the molecule is C=C(NC)c1cnc(N2CCN(C3CCN(Cc4ccc(C)cc4)CC3)C(CC(C)C)C2)c(C)c1. The lowest BCUT2D eigenvalue weighted by atomic mass is 9.94. The number of piperazine rings is 1. The smallest absolute Gasteiger partial charge is 0.131 e. The van der Waals surface area contributed by atoms with Gasteiger partial charge in [-0.05, 0) is 69.3 Å². The van der Waals surface area contributed by atoms with E-state index < -0.39 is 0 Å². The molecule has 5 nitrogen and oxygen atoms in total. The molecule has 35 heavy (non-hydrogen) atoms. The molecular formula is C30H45N5. The Morgan fingerprint density at radius 1 is 1.09 bits per heavy atom. The van der Waals surface area contributed by atoms with Crippen molar-refractivity contribution in [2.75, 3.05) is 44.7 Å². The Labute approximate surface area is 213 Å². The van der Waals surface area contributed by atoms with E-state index >= 15 is 0 Å². The van der Waals surface area contributed by atoms with Crippen molar-refractivity contribution in [2.24, 2.45) is 5.92 Å². The molecule has 1 atom stereocenters. The van der Waals surface area contributed by atoms with E-state index in [2.05, 4.69) is 84.6 Å². The Balaban J connectivity index is 1.39. The summed E-state index contributed by atoms with van der Waals surface area (Å²) in [6.45, 7) is 19.9. The second-order valence-corrected chi connectivity index (χ2v) is 11.1. The number of nitrogens with zero attached hydrogens (tertiary/aromatic N) is 4. The number of rotatable bonds is 8. The van der Waals surface area contributed by atoms with Crippen molar-refractivity contribution in [1.29, 1.82) is 0 Å².